The Kier molecular flexibility index (Phi) is 8.34. The Morgan fingerprint density at radius 3 is 2.56 bits per heavy atom. The van der Waals surface area contributed by atoms with Crippen molar-refractivity contribution in [1.29, 1.82) is 0 Å². The summed E-state index contributed by atoms with van der Waals surface area (Å²) in [7, 11) is 1.89. The van der Waals surface area contributed by atoms with Crippen molar-refractivity contribution in [2.45, 2.75) is 109 Å². The molecule has 5 atom stereocenters. The number of imide groups is 1. The van der Waals surface area contributed by atoms with Gasteiger partial charge >= 0.3 is 0 Å². The predicted octanol–water partition coefficient (Wildman–Crippen LogP) is 5.58. The van der Waals surface area contributed by atoms with Crippen molar-refractivity contribution in [3.8, 4) is 0 Å². The number of carbonyl (C=O) groups excluding carboxylic acids is 3. The Labute approximate surface area is 238 Å². The average molecular weight is 554 g/mol. The lowest BCUT2D eigenvalue weighted by atomic mass is 9.54. The van der Waals surface area contributed by atoms with Crippen LogP contribution in [0.3, 0.4) is 0 Å². The van der Waals surface area contributed by atoms with Crippen molar-refractivity contribution < 1.29 is 14.4 Å². The molecule has 214 valence electrons. The highest BCUT2D eigenvalue weighted by Crippen LogP contribution is 2.90. The van der Waals surface area contributed by atoms with Gasteiger partial charge in [-0.25, -0.2) is 0 Å². The average Bonchev–Trinajstić information content (AvgIpc) is 3.35. The molecule has 0 radical (unpaired) electrons. The van der Waals surface area contributed by atoms with Gasteiger partial charge in [0.2, 0.25) is 11.8 Å². The van der Waals surface area contributed by atoms with Gasteiger partial charge in [0.25, 0.3) is 0 Å². The van der Waals surface area contributed by atoms with Gasteiger partial charge in [0.15, 0.2) is 0 Å². The van der Waals surface area contributed by atoms with Crippen LogP contribution in [0.25, 0.3) is 0 Å². The van der Waals surface area contributed by atoms with Crippen molar-refractivity contribution in [3.63, 3.8) is 0 Å². The lowest BCUT2D eigenvalue weighted by Gasteiger charge is -2.53. The number of nitrogens with zero attached hydrogens (tertiary/aromatic N) is 1. The first-order chi connectivity index (χ1) is 18.7. The molecule has 0 aromatic heterocycles. The first-order valence-electron chi connectivity index (χ1n) is 15.1. The minimum Gasteiger partial charge on any atom is -0.313 e. The van der Waals surface area contributed by atoms with E-state index in [0.29, 0.717) is 41.2 Å². The maximum absolute atomic E-state index is 12.3. The van der Waals surface area contributed by atoms with Crippen molar-refractivity contribution in [3.05, 3.63) is 29.3 Å². The van der Waals surface area contributed by atoms with Gasteiger partial charge in [-0.3, -0.25) is 24.6 Å². The van der Waals surface area contributed by atoms with Crippen LogP contribution in [0.15, 0.2) is 23.1 Å². The van der Waals surface area contributed by atoms with E-state index in [2.05, 4.69) is 37.5 Å². The summed E-state index contributed by atoms with van der Waals surface area (Å²) in [6, 6.07) is 6.25. The summed E-state index contributed by atoms with van der Waals surface area (Å²) in [5.41, 5.74) is 3.42. The second kappa shape index (κ2) is 11.3. The standard InChI is InChI=1S/C32H47N3O3S/c1-30(2)26-19-27(31(3)15-16-32(26,30)31)33-17-8-6-5-7-9-18-39-25-12-10-11-22(21-36)23(25)20-35(4)24-13-14-28(37)34-29(24)38/h10-12,21,24,26-27,33H,5-9,13-20H2,1-4H3,(H,34,37,38)/t24?,26?,27-,31-,32?/m0/s1. The Balaban J connectivity index is 0.999. The topological polar surface area (TPSA) is 78.5 Å². The van der Waals surface area contributed by atoms with Gasteiger partial charge in [-0.05, 0) is 91.7 Å². The van der Waals surface area contributed by atoms with E-state index in [9.17, 15) is 14.4 Å². The SMILES string of the molecule is CN(Cc1c(C=O)cccc1SCCCCCCCN[C@H]1CC2C(C)(C)C23CC[C@@]13C)C1CCC(=O)NC1=O. The molecule has 4 aliphatic rings. The molecule has 1 spiro atoms. The van der Waals surface area contributed by atoms with Gasteiger partial charge in [0.1, 0.15) is 6.29 Å². The van der Waals surface area contributed by atoms with Gasteiger partial charge in [-0.1, -0.05) is 52.2 Å². The summed E-state index contributed by atoms with van der Waals surface area (Å²) in [5, 5.41) is 6.39. The zero-order valence-electron chi connectivity index (χ0n) is 24.3. The number of hydrogen-bond acceptors (Lipinski definition) is 6. The molecule has 39 heavy (non-hydrogen) atoms. The number of unbranched alkanes of at least 4 members (excludes halogenated alkanes) is 4. The second-order valence-corrected chi connectivity index (χ2v) is 14.5. The molecule has 5 rings (SSSR count). The van der Waals surface area contributed by atoms with Gasteiger partial charge in [-0.2, -0.15) is 0 Å². The fourth-order valence-electron chi connectivity index (χ4n) is 8.85. The van der Waals surface area contributed by atoms with Crippen LogP contribution in [0.1, 0.15) is 101 Å². The zero-order valence-corrected chi connectivity index (χ0v) is 25.1. The fourth-order valence-corrected chi connectivity index (χ4v) is 9.95. The monoisotopic (exact) mass is 553 g/mol. The minimum atomic E-state index is -0.348. The lowest BCUT2D eigenvalue weighted by Crippen LogP contribution is -2.53. The number of thioether (sulfide) groups is 1. The van der Waals surface area contributed by atoms with Crippen LogP contribution in [-0.4, -0.2) is 54.4 Å². The predicted molar refractivity (Wildman–Crippen MR) is 157 cm³/mol. The van der Waals surface area contributed by atoms with Crippen molar-refractivity contribution in [2.24, 2.45) is 22.2 Å². The molecular formula is C32H47N3O3S. The van der Waals surface area contributed by atoms with E-state index < -0.39 is 0 Å². The zero-order chi connectivity index (χ0) is 27.8. The summed E-state index contributed by atoms with van der Waals surface area (Å²) in [5.74, 6) is 1.52. The lowest BCUT2D eigenvalue weighted by molar-refractivity contribution is -0.137. The maximum Gasteiger partial charge on any atom is 0.243 e. The van der Waals surface area contributed by atoms with Crippen molar-refractivity contribution in [2.75, 3.05) is 19.3 Å². The smallest absolute Gasteiger partial charge is 0.243 e. The highest BCUT2D eigenvalue weighted by molar-refractivity contribution is 7.99. The van der Waals surface area contributed by atoms with Crippen LogP contribution in [0.2, 0.25) is 0 Å². The first-order valence-corrected chi connectivity index (χ1v) is 16.1. The van der Waals surface area contributed by atoms with Gasteiger partial charge in [0.05, 0.1) is 6.04 Å². The fraction of sp³-hybridized carbons (Fsp3) is 0.719. The Morgan fingerprint density at radius 1 is 1.10 bits per heavy atom. The molecule has 1 aromatic carbocycles. The molecule has 0 bridgehead atoms. The number of benzene rings is 1. The number of piperidine rings is 1. The molecule has 7 heteroatoms. The van der Waals surface area contributed by atoms with Crippen LogP contribution < -0.4 is 10.6 Å². The number of nitrogens with one attached hydrogen (secondary N) is 2. The summed E-state index contributed by atoms with van der Waals surface area (Å²) in [4.78, 5) is 38.7. The van der Waals surface area contributed by atoms with Crippen LogP contribution in [0.4, 0.5) is 0 Å². The molecule has 3 saturated carbocycles. The number of aldehydes is 1. The van der Waals surface area contributed by atoms with E-state index in [1.165, 1.54) is 44.9 Å². The molecule has 6 nitrogen and oxygen atoms in total. The van der Waals surface area contributed by atoms with Crippen LogP contribution >= 0.6 is 11.8 Å². The second-order valence-electron chi connectivity index (χ2n) is 13.3. The number of carbonyl (C=O) groups is 3. The van der Waals surface area contributed by atoms with E-state index in [1.807, 2.05) is 35.8 Å². The molecule has 2 amide bonds. The molecule has 4 fully saturated rings. The highest BCUT2D eigenvalue weighted by Gasteiger charge is 2.86. The van der Waals surface area contributed by atoms with E-state index in [0.717, 1.165) is 47.4 Å². The Bertz CT molecular complexity index is 1110. The molecule has 1 aliphatic heterocycles. The number of hydrogen-bond donors (Lipinski definition) is 2. The van der Waals surface area contributed by atoms with Gasteiger partial charge in [0, 0.05) is 29.5 Å². The minimum absolute atomic E-state index is 0.208. The Morgan fingerprint density at radius 2 is 1.87 bits per heavy atom. The van der Waals surface area contributed by atoms with E-state index >= 15 is 0 Å². The summed E-state index contributed by atoms with van der Waals surface area (Å²) >= 11 is 1.81. The van der Waals surface area contributed by atoms with Gasteiger partial charge < -0.3 is 5.32 Å². The molecule has 2 N–H and O–H groups in total. The molecular weight excluding hydrogens is 506 g/mol. The summed E-state index contributed by atoms with van der Waals surface area (Å²) in [6.45, 7) is 9.23. The van der Waals surface area contributed by atoms with Crippen LogP contribution in [-0.2, 0) is 16.1 Å². The highest BCUT2D eigenvalue weighted by atomic mass is 32.2. The molecule has 1 saturated heterocycles. The van der Waals surface area contributed by atoms with Crippen LogP contribution in [0, 0.1) is 22.2 Å². The van der Waals surface area contributed by atoms with E-state index in [4.69, 9.17) is 0 Å². The molecule has 3 aliphatic carbocycles. The quantitative estimate of drug-likeness (QED) is 0.135. The summed E-state index contributed by atoms with van der Waals surface area (Å²) in [6.07, 6.45) is 12.2. The molecule has 1 heterocycles. The normalized spacial score (nSPS) is 32.4. The third-order valence-electron chi connectivity index (χ3n) is 11.2. The van der Waals surface area contributed by atoms with E-state index in [-0.39, 0.29) is 17.9 Å². The summed E-state index contributed by atoms with van der Waals surface area (Å²) < 4.78 is 0. The number of likely N-dealkylation sites (N-methyl/N-ethyl adjacent to an activating group) is 1. The number of amides is 2. The number of rotatable bonds is 14. The van der Waals surface area contributed by atoms with Gasteiger partial charge in [-0.15, -0.1) is 11.8 Å². The van der Waals surface area contributed by atoms with Crippen molar-refractivity contribution >= 4 is 29.9 Å². The first kappa shape index (κ1) is 28.8. The maximum atomic E-state index is 12.3. The van der Waals surface area contributed by atoms with Crippen molar-refractivity contribution in [1.82, 2.24) is 15.5 Å². The van der Waals surface area contributed by atoms with Crippen LogP contribution in [0.5, 0.6) is 0 Å². The molecule has 1 aromatic rings. The third-order valence-corrected chi connectivity index (χ3v) is 12.4. The Hall–Kier alpha value is -1.70. The molecule has 3 unspecified atom stereocenters. The van der Waals surface area contributed by atoms with E-state index in [1.54, 1.807) is 0 Å². The third kappa shape index (κ3) is 5.01. The largest absolute Gasteiger partial charge is 0.313 e.